The van der Waals surface area contributed by atoms with Gasteiger partial charge in [-0.2, -0.15) is 0 Å². The number of carbonyl (C=O) groups excluding carboxylic acids is 1. The summed E-state index contributed by atoms with van der Waals surface area (Å²) in [6.45, 7) is 0. The van der Waals surface area contributed by atoms with Crippen LogP contribution in [-0.2, 0) is 11.2 Å². The van der Waals surface area contributed by atoms with Crippen molar-refractivity contribution in [3.63, 3.8) is 0 Å². The van der Waals surface area contributed by atoms with Crippen LogP contribution in [-0.4, -0.2) is 26.6 Å². The molecule has 0 spiro atoms. The molecule has 1 heterocycles. The highest BCUT2D eigenvalue weighted by Gasteiger charge is 2.15. The van der Waals surface area contributed by atoms with Crippen molar-refractivity contribution in [3.8, 4) is 5.75 Å². The first-order chi connectivity index (χ1) is 8.65. The number of benzene rings is 1. The lowest BCUT2D eigenvalue weighted by molar-refractivity contribution is -0.117. The zero-order valence-electron chi connectivity index (χ0n) is 9.41. The number of hydrogen-bond donors (Lipinski definition) is 3. The van der Waals surface area contributed by atoms with Crippen molar-refractivity contribution < 1.29 is 9.90 Å². The Kier molecular flexibility index (Phi) is 3.85. The Balaban J connectivity index is 1.93. The molecule has 0 unspecified atom stereocenters. The lowest BCUT2D eigenvalue weighted by Gasteiger charge is -2.10. The van der Waals surface area contributed by atoms with Crippen molar-refractivity contribution in [2.75, 3.05) is 5.32 Å². The highest BCUT2D eigenvalue weighted by atomic mass is 32.1. The Hall–Kier alpha value is -1.99. The summed E-state index contributed by atoms with van der Waals surface area (Å²) in [4.78, 5) is 11.7. The first-order valence-electron chi connectivity index (χ1n) is 5.27. The fourth-order valence-electron chi connectivity index (χ4n) is 1.42. The van der Waals surface area contributed by atoms with Crippen molar-refractivity contribution in [2.45, 2.75) is 12.5 Å². The summed E-state index contributed by atoms with van der Waals surface area (Å²) in [6, 6.07) is 5.93. The quantitative estimate of drug-likeness (QED) is 0.756. The number of phenols is 1. The second-order valence-electron chi connectivity index (χ2n) is 3.75. The van der Waals surface area contributed by atoms with E-state index < -0.39 is 6.04 Å². The van der Waals surface area contributed by atoms with E-state index in [0.717, 1.165) is 17.1 Å². The highest BCUT2D eigenvalue weighted by Crippen LogP contribution is 2.12. The van der Waals surface area contributed by atoms with Crippen molar-refractivity contribution in [3.05, 3.63) is 36.0 Å². The van der Waals surface area contributed by atoms with Crippen molar-refractivity contribution in [1.29, 1.82) is 0 Å². The molecule has 0 aliphatic rings. The van der Waals surface area contributed by atoms with Crippen molar-refractivity contribution in [2.24, 2.45) is 5.73 Å². The fourth-order valence-corrected chi connectivity index (χ4v) is 1.84. The Morgan fingerprint density at radius 1 is 1.44 bits per heavy atom. The summed E-state index contributed by atoms with van der Waals surface area (Å²) in [5.74, 6) is -0.0957. The number of carbonyl (C=O) groups is 1. The van der Waals surface area contributed by atoms with Gasteiger partial charge in [0.2, 0.25) is 5.91 Å². The van der Waals surface area contributed by atoms with Gasteiger partial charge in [-0.25, -0.2) is 0 Å². The zero-order valence-corrected chi connectivity index (χ0v) is 10.2. The van der Waals surface area contributed by atoms with Gasteiger partial charge in [0.1, 0.15) is 10.8 Å². The van der Waals surface area contributed by atoms with Gasteiger partial charge >= 0.3 is 0 Å². The largest absolute Gasteiger partial charge is 0.508 e. The number of nitrogens with zero attached hydrogens (tertiary/aromatic N) is 2. The molecule has 2 aromatic rings. The minimum atomic E-state index is -0.656. The van der Waals surface area contributed by atoms with Crippen LogP contribution in [0.4, 0.5) is 5.00 Å². The predicted molar refractivity (Wildman–Crippen MR) is 68.3 cm³/mol. The Morgan fingerprint density at radius 2 is 2.17 bits per heavy atom. The number of nitrogens with one attached hydrogen (secondary N) is 1. The van der Waals surface area contributed by atoms with Crippen LogP contribution in [0.2, 0.25) is 0 Å². The normalized spacial score (nSPS) is 12.1. The molecule has 0 bridgehead atoms. The Morgan fingerprint density at radius 3 is 2.78 bits per heavy atom. The van der Waals surface area contributed by atoms with Crippen LogP contribution in [0.5, 0.6) is 5.75 Å². The summed E-state index contributed by atoms with van der Waals surface area (Å²) in [5.41, 5.74) is 6.68. The van der Waals surface area contributed by atoms with Gasteiger partial charge in [0.05, 0.1) is 12.2 Å². The van der Waals surface area contributed by atoms with E-state index in [-0.39, 0.29) is 11.7 Å². The number of nitrogens with two attached hydrogens (primary N) is 1. The maximum Gasteiger partial charge on any atom is 0.242 e. The van der Waals surface area contributed by atoms with Crippen LogP contribution in [0.3, 0.4) is 0 Å². The average Bonchev–Trinajstić information content (AvgIpc) is 2.85. The smallest absolute Gasteiger partial charge is 0.242 e. The van der Waals surface area contributed by atoms with E-state index in [2.05, 4.69) is 14.9 Å². The molecule has 0 saturated heterocycles. The lowest BCUT2D eigenvalue weighted by atomic mass is 10.1. The van der Waals surface area contributed by atoms with Crippen LogP contribution in [0.25, 0.3) is 0 Å². The molecule has 0 radical (unpaired) electrons. The second-order valence-corrected chi connectivity index (χ2v) is 4.53. The van der Waals surface area contributed by atoms with Crippen LogP contribution in [0.1, 0.15) is 5.56 Å². The molecule has 4 N–H and O–H groups in total. The molecule has 94 valence electrons. The number of rotatable bonds is 4. The molecule has 0 fully saturated rings. The molecule has 0 saturated carbocycles. The van der Waals surface area contributed by atoms with Crippen LogP contribution < -0.4 is 11.1 Å². The van der Waals surface area contributed by atoms with Crippen molar-refractivity contribution >= 4 is 22.4 Å². The third kappa shape index (κ3) is 3.25. The molecule has 1 atom stereocenters. The zero-order chi connectivity index (χ0) is 13.0. The number of amides is 1. The first-order valence-corrected chi connectivity index (χ1v) is 6.04. The molecular weight excluding hydrogens is 252 g/mol. The number of aromatic nitrogens is 2. The molecule has 0 aliphatic carbocycles. The molecule has 1 aromatic heterocycles. The minimum absolute atomic E-state index is 0.188. The van der Waals surface area contributed by atoms with Gasteiger partial charge in [0, 0.05) is 11.5 Å². The lowest BCUT2D eigenvalue weighted by Crippen LogP contribution is -2.37. The van der Waals surface area contributed by atoms with Gasteiger partial charge in [0.15, 0.2) is 0 Å². The summed E-state index contributed by atoms with van der Waals surface area (Å²) >= 11 is 1.10. The SMILES string of the molecule is N[C@@H](Cc1ccc(O)cc1)C(=O)Nc1cnns1. The van der Waals surface area contributed by atoms with Gasteiger partial charge in [-0.15, -0.1) is 5.10 Å². The third-order valence-corrected chi connectivity index (χ3v) is 2.92. The average molecular weight is 264 g/mol. The number of aromatic hydroxyl groups is 1. The highest BCUT2D eigenvalue weighted by molar-refractivity contribution is 7.10. The van der Waals surface area contributed by atoms with Crippen LogP contribution >= 0.6 is 11.5 Å². The maximum atomic E-state index is 11.7. The Bertz CT molecular complexity index is 512. The van der Waals surface area contributed by atoms with E-state index in [4.69, 9.17) is 10.8 Å². The standard InChI is InChI=1S/C11H12N4O2S/c12-9(5-7-1-3-8(16)4-2-7)11(17)14-10-6-13-15-18-10/h1-4,6,9,16H,5,12H2,(H,14,17)/t9-/m0/s1. The summed E-state index contributed by atoms with van der Waals surface area (Å²) < 4.78 is 3.64. The number of anilines is 1. The molecule has 18 heavy (non-hydrogen) atoms. The summed E-state index contributed by atoms with van der Waals surface area (Å²) in [6.07, 6.45) is 1.87. The minimum Gasteiger partial charge on any atom is -0.508 e. The summed E-state index contributed by atoms with van der Waals surface area (Å²) in [7, 11) is 0. The molecule has 0 aliphatic heterocycles. The van der Waals surface area contributed by atoms with E-state index in [1.165, 1.54) is 6.20 Å². The van der Waals surface area contributed by atoms with Gasteiger partial charge < -0.3 is 16.2 Å². The number of phenolic OH excluding ortho intramolecular Hbond substituents is 1. The monoisotopic (exact) mass is 264 g/mol. The fraction of sp³-hybridized carbons (Fsp3) is 0.182. The van der Waals surface area contributed by atoms with E-state index >= 15 is 0 Å². The van der Waals surface area contributed by atoms with Gasteiger partial charge in [-0.3, -0.25) is 4.79 Å². The number of hydrogen-bond acceptors (Lipinski definition) is 6. The van der Waals surface area contributed by atoms with Gasteiger partial charge in [-0.1, -0.05) is 16.6 Å². The van der Waals surface area contributed by atoms with E-state index in [1.807, 2.05) is 0 Å². The van der Waals surface area contributed by atoms with Gasteiger partial charge in [0.25, 0.3) is 0 Å². The molecule has 1 amide bonds. The predicted octanol–water partition coefficient (Wildman–Crippen LogP) is 0.752. The van der Waals surface area contributed by atoms with Crippen molar-refractivity contribution in [1.82, 2.24) is 9.59 Å². The van der Waals surface area contributed by atoms with E-state index in [0.29, 0.717) is 11.4 Å². The van der Waals surface area contributed by atoms with E-state index in [1.54, 1.807) is 24.3 Å². The molecular formula is C11H12N4O2S. The molecule has 2 rings (SSSR count). The second kappa shape index (κ2) is 5.56. The Labute approximate surface area is 108 Å². The maximum absolute atomic E-state index is 11.7. The molecule has 7 heteroatoms. The van der Waals surface area contributed by atoms with Crippen LogP contribution in [0, 0.1) is 0 Å². The first kappa shape index (κ1) is 12.5. The van der Waals surface area contributed by atoms with Gasteiger partial charge in [-0.05, 0) is 24.1 Å². The van der Waals surface area contributed by atoms with E-state index in [9.17, 15) is 4.79 Å². The summed E-state index contributed by atoms with van der Waals surface area (Å²) in [5, 5.41) is 16.0. The topological polar surface area (TPSA) is 101 Å². The third-order valence-electron chi connectivity index (χ3n) is 2.34. The molecule has 6 nitrogen and oxygen atoms in total. The molecule has 1 aromatic carbocycles. The van der Waals surface area contributed by atoms with Crippen LogP contribution in [0.15, 0.2) is 30.5 Å².